The van der Waals surface area contributed by atoms with Crippen LogP contribution < -0.4 is 9.64 Å². The van der Waals surface area contributed by atoms with Crippen LogP contribution in [0.25, 0.3) is 0 Å². The van der Waals surface area contributed by atoms with E-state index >= 15 is 0 Å². The molecular weight excluding hydrogens is 408 g/mol. The Kier molecular flexibility index (Phi) is 14.9. The molecule has 0 spiro atoms. The van der Waals surface area contributed by atoms with Gasteiger partial charge in [-0.25, -0.2) is 0 Å². The van der Waals surface area contributed by atoms with E-state index in [9.17, 15) is 5.26 Å². The first-order chi connectivity index (χ1) is 16.0. The average molecular weight is 455 g/mol. The van der Waals surface area contributed by atoms with Crippen LogP contribution in [-0.2, 0) is 12.8 Å². The molecule has 0 N–H and O–H groups in total. The number of unbranched alkanes of at least 4 members (excludes halogenated alkanes) is 2. The number of ether oxygens (including phenoxy) is 1. The molecule has 0 saturated carbocycles. The van der Waals surface area contributed by atoms with Gasteiger partial charge in [-0.05, 0) is 56.8 Å². The maximum Gasteiger partial charge on any atom is 0.318 e. The van der Waals surface area contributed by atoms with Crippen molar-refractivity contribution in [3.05, 3.63) is 36.6 Å². The summed E-state index contributed by atoms with van der Waals surface area (Å²) < 4.78 is 6.20. The van der Waals surface area contributed by atoms with Crippen LogP contribution in [0.4, 0.5) is 5.82 Å². The van der Waals surface area contributed by atoms with Crippen LogP contribution in [0, 0.1) is 23.2 Å². The lowest BCUT2D eigenvalue weighted by molar-refractivity contribution is 0.222. The van der Waals surface area contributed by atoms with Gasteiger partial charge >= 0.3 is 6.01 Å². The van der Waals surface area contributed by atoms with Gasteiger partial charge in [0, 0.05) is 25.1 Å². The van der Waals surface area contributed by atoms with Gasteiger partial charge in [0.1, 0.15) is 5.82 Å². The second kappa shape index (κ2) is 17.2. The fourth-order valence-corrected chi connectivity index (χ4v) is 4.13. The Morgan fingerprint density at radius 3 is 2.52 bits per heavy atom. The van der Waals surface area contributed by atoms with Gasteiger partial charge in [-0.15, -0.1) is 13.2 Å². The highest BCUT2D eigenvalue weighted by Gasteiger charge is 2.21. The molecule has 0 aliphatic rings. The highest BCUT2D eigenvalue weighted by Crippen LogP contribution is 2.28. The van der Waals surface area contributed by atoms with Crippen molar-refractivity contribution in [2.24, 2.45) is 11.8 Å². The maximum absolute atomic E-state index is 9.17. The molecule has 1 aromatic heterocycles. The van der Waals surface area contributed by atoms with E-state index in [1.54, 1.807) is 0 Å². The van der Waals surface area contributed by atoms with Gasteiger partial charge in [-0.1, -0.05) is 52.7 Å². The first-order valence-electron chi connectivity index (χ1n) is 12.9. The summed E-state index contributed by atoms with van der Waals surface area (Å²) in [5.74, 6) is 1.70. The molecule has 0 aliphatic heterocycles. The van der Waals surface area contributed by atoms with Crippen LogP contribution in [0.1, 0.15) is 90.3 Å². The number of nitriles is 1. The molecule has 5 nitrogen and oxygen atoms in total. The number of rotatable bonds is 19. The third-order valence-electron chi connectivity index (χ3n) is 5.90. The normalized spacial score (nSPS) is 12.6. The lowest BCUT2D eigenvalue weighted by Gasteiger charge is -2.29. The molecule has 0 aromatic carbocycles. The SMILES string of the molecule is C=CCCCc1c(CC)nc(OC[C@@H](CC=C)CCCC)nc1N(CCC)CC(C)CC#N. The monoisotopic (exact) mass is 454 g/mol. The van der Waals surface area contributed by atoms with Crippen molar-refractivity contribution in [1.29, 1.82) is 5.26 Å². The Morgan fingerprint density at radius 1 is 1.12 bits per heavy atom. The molecule has 0 saturated heterocycles. The van der Waals surface area contributed by atoms with E-state index in [-0.39, 0.29) is 5.92 Å². The van der Waals surface area contributed by atoms with Crippen LogP contribution in [0.2, 0.25) is 0 Å². The van der Waals surface area contributed by atoms with Crippen molar-refractivity contribution >= 4 is 5.82 Å². The standard InChI is InChI=1S/C28H46N4O/c1-7-12-14-17-25-26(11-5)30-28(33-22-24(15-9-3)16-13-8-2)31-27(25)32(20-10-4)21-23(6)18-19-29/h7,9,23-24H,1,3,8,10-18,20-22H2,2,4-6H3/t23?,24-/m0/s1. The topological polar surface area (TPSA) is 62.0 Å². The molecule has 0 fully saturated rings. The van der Waals surface area contributed by atoms with E-state index in [1.807, 2.05) is 12.2 Å². The molecule has 1 heterocycles. The highest BCUT2D eigenvalue weighted by molar-refractivity contribution is 5.50. The molecule has 2 atom stereocenters. The Balaban J connectivity index is 3.29. The smallest absolute Gasteiger partial charge is 0.318 e. The summed E-state index contributed by atoms with van der Waals surface area (Å²) in [6.07, 6.45) is 13.7. The van der Waals surface area contributed by atoms with E-state index in [0.29, 0.717) is 25.0 Å². The first-order valence-corrected chi connectivity index (χ1v) is 12.9. The minimum Gasteiger partial charge on any atom is -0.463 e. The van der Waals surface area contributed by atoms with E-state index < -0.39 is 0 Å². The Hall–Kier alpha value is -2.35. The van der Waals surface area contributed by atoms with Crippen LogP contribution in [-0.4, -0.2) is 29.7 Å². The zero-order chi connectivity index (χ0) is 24.5. The zero-order valence-electron chi connectivity index (χ0n) is 21.6. The van der Waals surface area contributed by atoms with E-state index in [4.69, 9.17) is 14.7 Å². The number of aryl methyl sites for hydroxylation is 1. The van der Waals surface area contributed by atoms with Crippen molar-refractivity contribution in [3.63, 3.8) is 0 Å². The van der Waals surface area contributed by atoms with E-state index in [0.717, 1.165) is 69.5 Å². The van der Waals surface area contributed by atoms with Crippen molar-refractivity contribution < 1.29 is 4.74 Å². The van der Waals surface area contributed by atoms with Gasteiger partial charge in [0.15, 0.2) is 0 Å². The molecule has 0 radical (unpaired) electrons. The van der Waals surface area contributed by atoms with Gasteiger partial charge in [0.2, 0.25) is 0 Å². The van der Waals surface area contributed by atoms with Crippen LogP contribution in [0.15, 0.2) is 25.3 Å². The van der Waals surface area contributed by atoms with E-state index in [2.05, 4.69) is 51.8 Å². The maximum atomic E-state index is 9.17. The summed E-state index contributed by atoms with van der Waals surface area (Å²) >= 11 is 0. The van der Waals surface area contributed by atoms with Crippen molar-refractivity contribution in [3.8, 4) is 12.1 Å². The van der Waals surface area contributed by atoms with Crippen molar-refractivity contribution in [2.75, 3.05) is 24.6 Å². The third-order valence-corrected chi connectivity index (χ3v) is 5.90. The number of allylic oxidation sites excluding steroid dienone is 2. The molecule has 33 heavy (non-hydrogen) atoms. The summed E-state index contributed by atoms with van der Waals surface area (Å²) in [6, 6.07) is 2.80. The lowest BCUT2D eigenvalue weighted by Crippen LogP contribution is -2.32. The minimum atomic E-state index is 0.276. The van der Waals surface area contributed by atoms with Gasteiger partial charge in [-0.3, -0.25) is 0 Å². The molecule has 0 amide bonds. The number of nitrogens with zero attached hydrogens (tertiary/aromatic N) is 4. The molecule has 1 rings (SSSR count). The van der Waals surface area contributed by atoms with E-state index in [1.165, 1.54) is 18.4 Å². The van der Waals surface area contributed by atoms with Crippen LogP contribution in [0.5, 0.6) is 6.01 Å². The predicted molar refractivity (Wildman–Crippen MR) is 140 cm³/mol. The minimum absolute atomic E-state index is 0.276. The lowest BCUT2D eigenvalue weighted by atomic mass is 10.00. The molecule has 1 aromatic rings. The number of aromatic nitrogens is 2. The second-order valence-electron chi connectivity index (χ2n) is 9.05. The average Bonchev–Trinajstić information content (AvgIpc) is 2.81. The summed E-state index contributed by atoms with van der Waals surface area (Å²) in [4.78, 5) is 12.1. The largest absolute Gasteiger partial charge is 0.463 e. The fourth-order valence-electron chi connectivity index (χ4n) is 4.13. The highest BCUT2D eigenvalue weighted by atomic mass is 16.5. The fraction of sp³-hybridized carbons (Fsp3) is 0.679. The molecule has 1 unspecified atom stereocenters. The molecular formula is C28H46N4O. The zero-order valence-corrected chi connectivity index (χ0v) is 21.6. The molecule has 0 bridgehead atoms. The summed E-state index contributed by atoms with van der Waals surface area (Å²) in [7, 11) is 0. The first kappa shape index (κ1) is 28.7. The molecule has 0 aliphatic carbocycles. The number of hydrogen-bond acceptors (Lipinski definition) is 5. The molecule has 5 heteroatoms. The molecule has 184 valence electrons. The van der Waals surface area contributed by atoms with Crippen molar-refractivity contribution in [2.45, 2.75) is 91.9 Å². The summed E-state index contributed by atoms with van der Waals surface area (Å²) in [5.41, 5.74) is 2.29. The van der Waals surface area contributed by atoms with Gasteiger partial charge in [-0.2, -0.15) is 15.2 Å². The Morgan fingerprint density at radius 2 is 1.91 bits per heavy atom. The third kappa shape index (κ3) is 10.4. The second-order valence-corrected chi connectivity index (χ2v) is 9.05. The summed E-state index contributed by atoms with van der Waals surface area (Å²) in [5, 5.41) is 9.17. The number of hydrogen-bond donors (Lipinski definition) is 0. The predicted octanol–water partition coefficient (Wildman–Crippen LogP) is 7.08. The van der Waals surface area contributed by atoms with Gasteiger partial charge in [0.05, 0.1) is 18.4 Å². The van der Waals surface area contributed by atoms with Crippen molar-refractivity contribution in [1.82, 2.24) is 9.97 Å². The van der Waals surface area contributed by atoms with Gasteiger partial charge in [0.25, 0.3) is 0 Å². The summed E-state index contributed by atoms with van der Waals surface area (Å²) in [6.45, 7) is 18.8. The Labute approximate surface area is 203 Å². The van der Waals surface area contributed by atoms with Gasteiger partial charge < -0.3 is 9.64 Å². The Bertz CT molecular complexity index is 740. The van der Waals surface area contributed by atoms with Crippen LogP contribution in [0.3, 0.4) is 0 Å². The quantitative estimate of drug-likeness (QED) is 0.165. The number of anilines is 1. The van der Waals surface area contributed by atoms with Crippen LogP contribution >= 0.6 is 0 Å².